The van der Waals surface area contributed by atoms with E-state index in [2.05, 4.69) is 10.3 Å². The third-order valence-corrected chi connectivity index (χ3v) is 4.43. The number of benzene rings is 1. The van der Waals surface area contributed by atoms with E-state index in [-0.39, 0.29) is 11.8 Å². The molecule has 3 heterocycles. The molecule has 1 saturated heterocycles. The van der Waals surface area contributed by atoms with Crippen LogP contribution < -0.4 is 10.1 Å². The first-order valence-electron chi connectivity index (χ1n) is 7.97. The molecule has 1 aromatic carbocycles. The van der Waals surface area contributed by atoms with E-state index < -0.39 is 5.72 Å². The fraction of sp³-hybridized carbons (Fsp3) is 0.278. The number of ether oxygens (including phenoxy) is 1. The predicted octanol–water partition coefficient (Wildman–Crippen LogP) is 1.84. The molecule has 24 heavy (non-hydrogen) atoms. The van der Waals surface area contributed by atoms with Crippen LogP contribution >= 0.6 is 0 Å². The minimum Gasteiger partial charge on any atom is -0.465 e. The number of hydrogen-bond donors (Lipinski definition) is 1. The molecule has 0 bridgehead atoms. The van der Waals surface area contributed by atoms with E-state index in [1.807, 2.05) is 6.07 Å². The molecule has 4 rings (SSSR count). The first-order chi connectivity index (χ1) is 11.7. The van der Waals surface area contributed by atoms with Crippen molar-refractivity contribution in [2.24, 2.45) is 0 Å². The lowest BCUT2D eigenvalue weighted by Gasteiger charge is -2.45. The van der Waals surface area contributed by atoms with Gasteiger partial charge in [0.05, 0.1) is 17.7 Å². The number of nitrogens with one attached hydrogen (secondary N) is 1. The quantitative estimate of drug-likeness (QED) is 0.869. The van der Waals surface area contributed by atoms with Crippen LogP contribution in [-0.4, -0.2) is 40.5 Å². The molecule has 1 atom stereocenters. The summed E-state index contributed by atoms with van der Waals surface area (Å²) >= 11 is 0. The van der Waals surface area contributed by atoms with E-state index in [1.54, 1.807) is 47.6 Å². The summed E-state index contributed by atoms with van der Waals surface area (Å²) in [7, 11) is 0. The van der Waals surface area contributed by atoms with Gasteiger partial charge in [-0.15, -0.1) is 0 Å². The number of hydrogen-bond acceptors (Lipinski definition) is 4. The molecule has 0 unspecified atom stereocenters. The van der Waals surface area contributed by atoms with Gasteiger partial charge in [0.1, 0.15) is 5.75 Å². The van der Waals surface area contributed by atoms with E-state index in [0.29, 0.717) is 36.4 Å². The molecule has 6 heteroatoms. The number of amides is 2. The lowest BCUT2D eigenvalue weighted by molar-refractivity contribution is -0.0314. The second-order valence-electron chi connectivity index (χ2n) is 6.12. The summed E-state index contributed by atoms with van der Waals surface area (Å²) in [5.74, 6) is 0.309. The first-order valence-corrected chi connectivity index (χ1v) is 7.97. The number of pyridine rings is 1. The van der Waals surface area contributed by atoms with Crippen molar-refractivity contribution in [2.45, 2.75) is 18.6 Å². The standard InChI is InChI=1S/C18H17N3O3/c22-16-14-6-1-2-7-15(14)24-18(20-16)8-4-10-21(12-18)17(23)13-5-3-9-19-11-13/h1-3,5-7,9,11H,4,8,10,12H2,(H,20,22)/t18-/m1/s1. The molecule has 0 saturated carbocycles. The van der Waals surface area contributed by atoms with Crippen LogP contribution in [0.5, 0.6) is 5.75 Å². The Morgan fingerprint density at radius 2 is 2.12 bits per heavy atom. The zero-order chi connectivity index (χ0) is 16.6. The molecule has 1 fully saturated rings. The van der Waals surface area contributed by atoms with Gasteiger partial charge in [0.25, 0.3) is 11.8 Å². The number of carbonyl (C=O) groups excluding carboxylic acids is 2. The van der Waals surface area contributed by atoms with Gasteiger partial charge >= 0.3 is 0 Å². The predicted molar refractivity (Wildman–Crippen MR) is 86.6 cm³/mol. The van der Waals surface area contributed by atoms with E-state index in [0.717, 1.165) is 6.42 Å². The molecule has 122 valence electrons. The highest BCUT2D eigenvalue weighted by Gasteiger charge is 2.44. The Balaban J connectivity index is 1.59. The van der Waals surface area contributed by atoms with Crippen LogP contribution in [0.3, 0.4) is 0 Å². The number of para-hydroxylation sites is 1. The molecule has 2 aromatic rings. The van der Waals surface area contributed by atoms with E-state index in [9.17, 15) is 9.59 Å². The van der Waals surface area contributed by atoms with Crippen LogP contribution in [0.1, 0.15) is 33.6 Å². The number of fused-ring (bicyclic) bond motifs is 1. The molecule has 2 aliphatic rings. The van der Waals surface area contributed by atoms with Gasteiger partial charge in [-0.3, -0.25) is 14.6 Å². The Labute approximate surface area is 139 Å². The minimum absolute atomic E-state index is 0.0983. The molecule has 0 radical (unpaired) electrons. The number of nitrogens with zero attached hydrogens (tertiary/aromatic N) is 2. The number of piperidine rings is 1. The molecule has 1 aromatic heterocycles. The van der Waals surface area contributed by atoms with Crippen molar-refractivity contribution in [3.63, 3.8) is 0 Å². The molecule has 2 aliphatic heterocycles. The van der Waals surface area contributed by atoms with Crippen molar-refractivity contribution >= 4 is 11.8 Å². The summed E-state index contributed by atoms with van der Waals surface area (Å²) in [6, 6.07) is 10.6. The van der Waals surface area contributed by atoms with Crippen molar-refractivity contribution in [1.82, 2.24) is 15.2 Å². The Bertz CT molecular complexity index is 793. The highest BCUT2D eigenvalue weighted by molar-refractivity contribution is 5.98. The lowest BCUT2D eigenvalue weighted by atomic mass is 9.97. The van der Waals surface area contributed by atoms with Crippen molar-refractivity contribution in [2.75, 3.05) is 13.1 Å². The second kappa shape index (κ2) is 5.63. The SMILES string of the molecule is O=C1N[C@]2(CCCN(C(=O)c3cccnc3)C2)Oc2ccccc21. The number of aromatic nitrogens is 1. The maximum absolute atomic E-state index is 12.7. The van der Waals surface area contributed by atoms with Gasteiger partial charge in [0.15, 0.2) is 0 Å². The Hall–Kier alpha value is -2.89. The fourth-order valence-electron chi connectivity index (χ4n) is 3.31. The number of carbonyl (C=O) groups is 2. The van der Waals surface area contributed by atoms with Gasteiger partial charge in [0.2, 0.25) is 5.72 Å². The summed E-state index contributed by atoms with van der Waals surface area (Å²) in [6.07, 6.45) is 4.62. The Morgan fingerprint density at radius 3 is 2.96 bits per heavy atom. The van der Waals surface area contributed by atoms with Gasteiger partial charge in [-0.1, -0.05) is 12.1 Å². The molecule has 1 spiro atoms. The maximum atomic E-state index is 12.7. The third kappa shape index (κ3) is 2.50. The zero-order valence-electron chi connectivity index (χ0n) is 13.1. The van der Waals surface area contributed by atoms with Gasteiger partial charge in [-0.25, -0.2) is 0 Å². The summed E-state index contributed by atoms with van der Waals surface area (Å²) in [6.45, 7) is 0.956. The average molecular weight is 323 g/mol. The van der Waals surface area contributed by atoms with Gasteiger partial charge in [0, 0.05) is 25.4 Å². The fourth-order valence-corrected chi connectivity index (χ4v) is 3.31. The highest BCUT2D eigenvalue weighted by Crippen LogP contribution is 2.32. The lowest BCUT2D eigenvalue weighted by Crippen LogP contribution is -2.64. The Kier molecular flexibility index (Phi) is 3.45. The van der Waals surface area contributed by atoms with E-state index in [1.165, 1.54) is 0 Å². The normalized spacial score (nSPS) is 22.5. The first kappa shape index (κ1) is 14.7. The maximum Gasteiger partial charge on any atom is 0.258 e. The highest BCUT2D eigenvalue weighted by atomic mass is 16.5. The van der Waals surface area contributed by atoms with Gasteiger partial charge < -0.3 is 15.0 Å². The Morgan fingerprint density at radius 1 is 1.25 bits per heavy atom. The third-order valence-electron chi connectivity index (χ3n) is 4.43. The van der Waals surface area contributed by atoms with Crippen LogP contribution in [0.25, 0.3) is 0 Å². The average Bonchev–Trinajstić information content (AvgIpc) is 2.62. The number of likely N-dealkylation sites (tertiary alicyclic amines) is 1. The van der Waals surface area contributed by atoms with Crippen LogP contribution in [-0.2, 0) is 0 Å². The summed E-state index contributed by atoms with van der Waals surface area (Å²) in [5.41, 5.74) is 0.206. The largest absolute Gasteiger partial charge is 0.465 e. The smallest absolute Gasteiger partial charge is 0.258 e. The van der Waals surface area contributed by atoms with E-state index >= 15 is 0 Å². The molecular formula is C18H17N3O3. The molecular weight excluding hydrogens is 306 g/mol. The van der Waals surface area contributed by atoms with Crippen LogP contribution in [0.4, 0.5) is 0 Å². The molecule has 6 nitrogen and oxygen atoms in total. The summed E-state index contributed by atoms with van der Waals surface area (Å²) in [5, 5.41) is 2.95. The topological polar surface area (TPSA) is 71.5 Å². The van der Waals surface area contributed by atoms with Gasteiger partial charge in [-0.05, 0) is 30.7 Å². The molecule has 2 amide bonds. The van der Waals surface area contributed by atoms with Crippen molar-refractivity contribution in [3.8, 4) is 5.75 Å². The van der Waals surface area contributed by atoms with Gasteiger partial charge in [-0.2, -0.15) is 0 Å². The summed E-state index contributed by atoms with van der Waals surface area (Å²) < 4.78 is 6.11. The number of rotatable bonds is 1. The van der Waals surface area contributed by atoms with E-state index in [4.69, 9.17) is 4.74 Å². The van der Waals surface area contributed by atoms with Crippen molar-refractivity contribution < 1.29 is 14.3 Å². The second-order valence-corrected chi connectivity index (χ2v) is 6.12. The van der Waals surface area contributed by atoms with Crippen molar-refractivity contribution in [1.29, 1.82) is 0 Å². The van der Waals surface area contributed by atoms with Crippen molar-refractivity contribution in [3.05, 3.63) is 59.9 Å². The van der Waals surface area contributed by atoms with Crippen LogP contribution in [0, 0.1) is 0 Å². The van der Waals surface area contributed by atoms with Crippen LogP contribution in [0.2, 0.25) is 0 Å². The zero-order valence-corrected chi connectivity index (χ0v) is 13.1. The van der Waals surface area contributed by atoms with Crippen LogP contribution in [0.15, 0.2) is 48.8 Å². The monoisotopic (exact) mass is 323 g/mol. The summed E-state index contributed by atoms with van der Waals surface area (Å²) in [4.78, 5) is 30.8. The minimum atomic E-state index is -0.860. The molecule has 0 aliphatic carbocycles. The molecule has 1 N–H and O–H groups in total.